The molecule has 2 heteroatoms. The summed E-state index contributed by atoms with van der Waals surface area (Å²) in [5.74, 6) is 0.886. The molecule has 2 nitrogen and oxygen atoms in total. The van der Waals surface area contributed by atoms with Crippen molar-refractivity contribution in [2.24, 2.45) is 16.7 Å². The monoisotopic (exact) mass is 227 g/mol. The molecule has 1 rings (SSSR count). The minimum absolute atomic E-state index is 0.00571. The van der Waals surface area contributed by atoms with E-state index in [1.807, 2.05) is 0 Å². The number of aliphatic hydroxyl groups is 1. The maximum absolute atomic E-state index is 9.19. The maximum Gasteiger partial charge on any atom is 0.0494 e. The van der Waals surface area contributed by atoms with Crippen molar-refractivity contribution in [1.82, 2.24) is 5.32 Å². The molecule has 1 aliphatic carbocycles. The number of hydrogen-bond donors (Lipinski definition) is 2. The van der Waals surface area contributed by atoms with Crippen molar-refractivity contribution in [3.05, 3.63) is 0 Å². The Labute approximate surface area is 101 Å². The van der Waals surface area contributed by atoms with E-state index in [-0.39, 0.29) is 12.0 Å². The van der Waals surface area contributed by atoms with Crippen LogP contribution in [0.3, 0.4) is 0 Å². The molecule has 1 aliphatic rings. The fraction of sp³-hybridized carbons (Fsp3) is 1.00. The average Bonchev–Trinajstić information content (AvgIpc) is 2.70. The molecular formula is C14H29NO. The van der Waals surface area contributed by atoms with E-state index in [0.717, 1.165) is 19.0 Å². The van der Waals surface area contributed by atoms with Gasteiger partial charge in [0, 0.05) is 25.1 Å². The van der Waals surface area contributed by atoms with Crippen LogP contribution in [-0.2, 0) is 0 Å². The topological polar surface area (TPSA) is 32.3 Å². The Morgan fingerprint density at radius 2 is 1.62 bits per heavy atom. The first-order chi connectivity index (χ1) is 7.37. The van der Waals surface area contributed by atoms with Gasteiger partial charge in [-0.05, 0) is 24.2 Å². The number of nitrogens with one attached hydrogen (secondary N) is 1. The van der Waals surface area contributed by atoms with E-state index in [9.17, 15) is 5.11 Å². The lowest BCUT2D eigenvalue weighted by atomic mass is 9.77. The van der Waals surface area contributed by atoms with Gasteiger partial charge < -0.3 is 10.4 Å². The van der Waals surface area contributed by atoms with E-state index in [0.29, 0.717) is 5.41 Å². The molecule has 0 aromatic heterocycles. The fourth-order valence-corrected chi connectivity index (χ4v) is 2.63. The zero-order valence-corrected chi connectivity index (χ0v) is 11.5. The first kappa shape index (κ1) is 14.0. The first-order valence-corrected chi connectivity index (χ1v) is 6.69. The second-order valence-electron chi connectivity index (χ2n) is 6.90. The van der Waals surface area contributed by atoms with E-state index >= 15 is 0 Å². The van der Waals surface area contributed by atoms with Gasteiger partial charge in [0.2, 0.25) is 0 Å². The third-order valence-corrected chi connectivity index (χ3v) is 4.07. The lowest BCUT2D eigenvalue weighted by Gasteiger charge is -2.33. The average molecular weight is 227 g/mol. The Morgan fingerprint density at radius 3 is 2.12 bits per heavy atom. The minimum Gasteiger partial charge on any atom is -0.396 e. The molecular weight excluding hydrogens is 198 g/mol. The second-order valence-corrected chi connectivity index (χ2v) is 6.90. The molecule has 1 saturated carbocycles. The lowest BCUT2D eigenvalue weighted by Crippen LogP contribution is -2.40. The van der Waals surface area contributed by atoms with Crippen LogP contribution in [0.2, 0.25) is 0 Å². The number of hydrogen-bond acceptors (Lipinski definition) is 2. The maximum atomic E-state index is 9.19. The SMILES string of the molecule is CC(C)(CO)CNCC(C)(C)C1CCCC1. The highest BCUT2D eigenvalue weighted by atomic mass is 16.3. The smallest absolute Gasteiger partial charge is 0.0494 e. The zero-order chi connectivity index (χ0) is 12.2. The summed E-state index contributed by atoms with van der Waals surface area (Å²) in [6.45, 7) is 11.2. The van der Waals surface area contributed by atoms with Crippen molar-refractivity contribution in [3.8, 4) is 0 Å². The Hall–Kier alpha value is -0.0800. The van der Waals surface area contributed by atoms with Crippen LogP contribution in [0.5, 0.6) is 0 Å². The van der Waals surface area contributed by atoms with Gasteiger partial charge in [-0.25, -0.2) is 0 Å². The van der Waals surface area contributed by atoms with Gasteiger partial charge in [0.05, 0.1) is 0 Å². The summed E-state index contributed by atoms with van der Waals surface area (Å²) in [6, 6.07) is 0. The summed E-state index contributed by atoms with van der Waals surface area (Å²) in [6.07, 6.45) is 5.63. The van der Waals surface area contributed by atoms with Crippen molar-refractivity contribution in [2.45, 2.75) is 53.4 Å². The van der Waals surface area contributed by atoms with E-state index < -0.39 is 0 Å². The molecule has 96 valence electrons. The standard InChI is InChI=1S/C14H29NO/c1-13(2,11-16)9-15-10-14(3,4)12-7-5-6-8-12/h12,15-16H,5-11H2,1-4H3. The zero-order valence-electron chi connectivity index (χ0n) is 11.5. The predicted octanol–water partition coefficient (Wildman–Crippen LogP) is 2.81. The van der Waals surface area contributed by atoms with Gasteiger partial charge in [0.15, 0.2) is 0 Å². The van der Waals surface area contributed by atoms with Gasteiger partial charge >= 0.3 is 0 Å². The quantitative estimate of drug-likeness (QED) is 0.731. The summed E-state index contributed by atoms with van der Waals surface area (Å²) in [7, 11) is 0. The van der Waals surface area contributed by atoms with E-state index in [4.69, 9.17) is 0 Å². The van der Waals surface area contributed by atoms with Gasteiger partial charge in [0.25, 0.3) is 0 Å². The molecule has 0 aliphatic heterocycles. The van der Waals surface area contributed by atoms with Crippen LogP contribution in [0.1, 0.15) is 53.4 Å². The molecule has 0 aromatic carbocycles. The molecule has 0 atom stereocenters. The van der Waals surface area contributed by atoms with Crippen LogP contribution in [0, 0.1) is 16.7 Å². The second kappa shape index (κ2) is 5.50. The Bertz CT molecular complexity index is 205. The van der Waals surface area contributed by atoms with Crippen LogP contribution < -0.4 is 5.32 Å². The number of rotatable bonds is 6. The Morgan fingerprint density at radius 1 is 1.06 bits per heavy atom. The van der Waals surface area contributed by atoms with Gasteiger partial charge in [-0.1, -0.05) is 40.5 Å². The summed E-state index contributed by atoms with van der Waals surface area (Å²) in [5.41, 5.74) is 0.411. The van der Waals surface area contributed by atoms with Crippen molar-refractivity contribution in [2.75, 3.05) is 19.7 Å². The Kier molecular flexibility index (Phi) is 4.81. The normalized spacial score (nSPS) is 19.3. The number of aliphatic hydroxyl groups excluding tert-OH is 1. The van der Waals surface area contributed by atoms with Gasteiger partial charge in [0.1, 0.15) is 0 Å². The molecule has 0 radical (unpaired) electrons. The molecule has 0 unspecified atom stereocenters. The van der Waals surface area contributed by atoms with Crippen molar-refractivity contribution >= 4 is 0 Å². The summed E-state index contributed by atoms with van der Waals surface area (Å²) < 4.78 is 0. The fourth-order valence-electron chi connectivity index (χ4n) is 2.63. The van der Waals surface area contributed by atoms with Crippen molar-refractivity contribution in [1.29, 1.82) is 0 Å². The molecule has 0 aromatic rings. The van der Waals surface area contributed by atoms with Crippen LogP contribution in [0.15, 0.2) is 0 Å². The molecule has 2 N–H and O–H groups in total. The van der Waals surface area contributed by atoms with E-state index in [1.165, 1.54) is 25.7 Å². The summed E-state index contributed by atoms with van der Waals surface area (Å²) in [5, 5.41) is 12.7. The third-order valence-electron chi connectivity index (χ3n) is 4.07. The van der Waals surface area contributed by atoms with Crippen LogP contribution in [0.25, 0.3) is 0 Å². The van der Waals surface area contributed by atoms with Gasteiger partial charge in [-0.2, -0.15) is 0 Å². The molecule has 0 spiro atoms. The van der Waals surface area contributed by atoms with Gasteiger partial charge in [-0.15, -0.1) is 0 Å². The molecule has 0 saturated heterocycles. The largest absolute Gasteiger partial charge is 0.396 e. The predicted molar refractivity (Wildman–Crippen MR) is 69.5 cm³/mol. The Balaban J connectivity index is 2.30. The van der Waals surface area contributed by atoms with Crippen LogP contribution in [-0.4, -0.2) is 24.8 Å². The minimum atomic E-state index is 0.00571. The first-order valence-electron chi connectivity index (χ1n) is 6.69. The van der Waals surface area contributed by atoms with E-state index in [2.05, 4.69) is 33.0 Å². The van der Waals surface area contributed by atoms with Crippen molar-refractivity contribution < 1.29 is 5.11 Å². The van der Waals surface area contributed by atoms with Crippen LogP contribution in [0.4, 0.5) is 0 Å². The molecule has 0 bridgehead atoms. The highest BCUT2D eigenvalue weighted by molar-refractivity contribution is 4.84. The van der Waals surface area contributed by atoms with Crippen LogP contribution >= 0.6 is 0 Å². The molecule has 1 fully saturated rings. The lowest BCUT2D eigenvalue weighted by molar-refractivity contribution is 0.143. The molecule has 0 heterocycles. The summed E-state index contributed by atoms with van der Waals surface area (Å²) >= 11 is 0. The summed E-state index contributed by atoms with van der Waals surface area (Å²) in [4.78, 5) is 0. The highest BCUT2D eigenvalue weighted by Gasteiger charge is 2.31. The highest BCUT2D eigenvalue weighted by Crippen LogP contribution is 2.39. The molecule has 16 heavy (non-hydrogen) atoms. The van der Waals surface area contributed by atoms with E-state index in [1.54, 1.807) is 0 Å². The molecule has 0 amide bonds. The third kappa shape index (κ3) is 4.06. The van der Waals surface area contributed by atoms with Crippen molar-refractivity contribution in [3.63, 3.8) is 0 Å². The van der Waals surface area contributed by atoms with Gasteiger partial charge in [-0.3, -0.25) is 0 Å².